The molecule has 0 spiro atoms. The summed E-state index contributed by atoms with van der Waals surface area (Å²) < 4.78 is 59.2. The second-order valence-corrected chi connectivity index (χ2v) is 13.4. The predicted octanol–water partition coefficient (Wildman–Crippen LogP) is 1.72. The lowest BCUT2D eigenvalue weighted by atomic mass is 10.6. The van der Waals surface area contributed by atoms with Crippen molar-refractivity contribution in [2.75, 3.05) is 132 Å². The lowest BCUT2D eigenvalue weighted by Crippen LogP contribution is -2.27. The number of hydrogen-bond acceptors (Lipinski definition) is 12. The molecule has 0 aromatic carbocycles. The summed E-state index contributed by atoms with van der Waals surface area (Å²) >= 11 is 0. The molecular weight excluding hydrogens is 532 g/mol. The van der Waals surface area contributed by atoms with Gasteiger partial charge in [-0.2, -0.15) is 0 Å². The highest BCUT2D eigenvalue weighted by atomic mass is 28.4. The maximum Gasteiger partial charge on any atom is 0.330 e. The Hall–Kier alpha value is -0.973. The molecular formula is C26H52O12Si. The Morgan fingerprint density at radius 1 is 0.462 bits per heavy atom. The molecule has 0 N–H and O–H groups in total. The third kappa shape index (κ3) is 35.0. The van der Waals surface area contributed by atoms with Crippen LogP contribution in [-0.2, 0) is 56.6 Å². The van der Waals surface area contributed by atoms with Gasteiger partial charge in [0, 0.05) is 6.08 Å². The van der Waals surface area contributed by atoms with Crippen LogP contribution >= 0.6 is 0 Å². The first-order chi connectivity index (χ1) is 19.0. The predicted molar refractivity (Wildman–Crippen MR) is 148 cm³/mol. The molecule has 0 unspecified atom stereocenters. The van der Waals surface area contributed by atoms with E-state index in [0.717, 1.165) is 6.08 Å². The van der Waals surface area contributed by atoms with E-state index in [9.17, 15) is 4.79 Å². The number of ether oxygens (including phenoxy) is 10. The van der Waals surface area contributed by atoms with E-state index in [1.54, 1.807) is 0 Å². The van der Waals surface area contributed by atoms with Crippen molar-refractivity contribution in [3.05, 3.63) is 12.7 Å². The first-order valence-corrected chi connectivity index (χ1v) is 17.0. The Morgan fingerprint density at radius 2 is 0.692 bits per heavy atom. The molecule has 0 bridgehead atoms. The van der Waals surface area contributed by atoms with Gasteiger partial charge in [0.2, 0.25) is 0 Å². The molecule has 12 nitrogen and oxygen atoms in total. The van der Waals surface area contributed by atoms with Gasteiger partial charge >= 0.3 is 5.97 Å². The van der Waals surface area contributed by atoms with E-state index in [-0.39, 0.29) is 6.61 Å². The van der Waals surface area contributed by atoms with Crippen molar-refractivity contribution in [3.8, 4) is 0 Å². The van der Waals surface area contributed by atoms with E-state index < -0.39 is 14.3 Å². The minimum Gasteiger partial charge on any atom is -0.460 e. The first-order valence-electron chi connectivity index (χ1n) is 13.6. The molecule has 232 valence electrons. The highest BCUT2D eigenvalue weighted by molar-refractivity contribution is 6.69. The number of carbonyl (C=O) groups is 1. The summed E-state index contributed by atoms with van der Waals surface area (Å²) in [4.78, 5) is 10.8. The Bertz CT molecular complexity index is 534. The average molecular weight is 585 g/mol. The molecule has 0 fully saturated rings. The Morgan fingerprint density at radius 3 is 0.923 bits per heavy atom. The molecule has 0 aliphatic carbocycles. The smallest absolute Gasteiger partial charge is 0.330 e. The molecule has 0 amide bonds. The highest BCUT2D eigenvalue weighted by Crippen LogP contribution is 2.01. The molecule has 0 aliphatic rings. The van der Waals surface area contributed by atoms with Gasteiger partial charge < -0.3 is 51.8 Å². The fourth-order valence-corrected chi connectivity index (χ4v) is 3.22. The molecule has 0 aliphatic heterocycles. The molecule has 0 radical (unpaired) electrons. The molecule has 0 atom stereocenters. The maximum atomic E-state index is 10.8. The Labute approximate surface area is 235 Å². The summed E-state index contributed by atoms with van der Waals surface area (Å²) in [7, 11) is -1.45. The van der Waals surface area contributed by atoms with Crippen LogP contribution in [0.5, 0.6) is 0 Å². The molecule has 0 saturated carbocycles. The summed E-state index contributed by atoms with van der Waals surface area (Å²) in [6, 6.07) is 0. The van der Waals surface area contributed by atoms with E-state index in [1.807, 2.05) is 0 Å². The standard InChI is InChI=1S/C26H52O12Si/c1-5-26(27)37-24-22-35-20-18-33-16-14-31-12-10-29-8-6-28-7-9-30-11-13-32-15-17-34-19-21-36-23-25-38-39(2,3)4/h5H,1,6-25H2,2-4H3. The molecule has 39 heavy (non-hydrogen) atoms. The van der Waals surface area contributed by atoms with Gasteiger partial charge in [-0.25, -0.2) is 4.79 Å². The minimum atomic E-state index is -1.45. The van der Waals surface area contributed by atoms with Gasteiger partial charge in [-0.15, -0.1) is 0 Å². The zero-order chi connectivity index (χ0) is 28.7. The van der Waals surface area contributed by atoms with Crippen molar-refractivity contribution in [2.45, 2.75) is 19.6 Å². The third-order valence-corrected chi connectivity index (χ3v) is 5.45. The van der Waals surface area contributed by atoms with Crippen LogP contribution in [-0.4, -0.2) is 146 Å². The van der Waals surface area contributed by atoms with Gasteiger partial charge in [0.15, 0.2) is 8.32 Å². The van der Waals surface area contributed by atoms with E-state index in [4.69, 9.17) is 51.8 Å². The number of hydrogen-bond donors (Lipinski definition) is 0. The van der Waals surface area contributed by atoms with Crippen LogP contribution in [0.25, 0.3) is 0 Å². The van der Waals surface area contributed by atoms with Gasteiger partial charge in [-0.3, -0.25) is 0 Å². The fraction of sp³-hybridized carbons (Fsp3) is 0.885. The monoisotopic (exact) mass is 584 g/mol. The molecule has 0 heterocycles. The summed E-state index contributed by atoms with van der Waals surface area (Å²) in [5.74, 6) is -0.457. The quantitative estimate of drug-likeness (QED) is 0.0496. The summed E-state index contributed by atoms with van der Waals surface area (Å²) in [5.41, 5.74) is 0. The van der Waals surface area contributed by atoms with Crippen LogP contribution in [0.3, 0.4) is 0 Å². The molecule has 0 aromatic rings. The Balaban J connectivity index is 3.07. The highest BCUT2D eigenvalue weighted by Gasteiger charge is 2.13. The number of esters is 1. The SMILES string of the molecule is C=CC(=O)OCCOCCOCCOCCOCCOCCOCCOCCOCCOCCO[Si](C)(C)C. The van der Waals surface area contributed by atoms with Gasteiger partial charge in [0.25, 0.3) is 0 Å². The zero-order valence-electron chi connectivity index (χ0n) is 24.3. The minimum absolute atomic E-state index is 0.201. The van der Waals surface area contributed by atoms with E-state index in [0.29, 0.717) is 126 Å². The maximum absolute atomic E-state index is 10.8. The van der Waals surface area contributed by atoms with E-state index >= 15 is 0 Å². The summed E-state index contributed by atoms with van der Waals surface area (Å²) in [5, 5.41) is 0. The van der Waals surface area contributed by atoms with Crippen molar-refractivity contribution in [1.82, 2.24) is 0 Å². The fourth-order valence-electron chi connectivity index (χ4n) is 2.53. The lowest BCUT2D eigenvalue weighted by Gasteiger charge is -2.16. The summed E-state index contributed by atoms with van der Waals surface area (Å²) in [6.07, 6.45) is 1.12. The van der Waals surface area contributed by atoms with E-state index in [2.05, 4.69) is 26.2 Å². The van der Waals surface area contributed by atoms with Crippen LogP contribution in [0.15, 0.2) is 12.7 Å². The van der Waals surface area contributed by atoms with Crippen molar-refractivity contribution in [2.24, 2.45) is 0 Å². The van der Waals surface area contributed by atoms with Gasteiger partial charge in [0.05, 0.1) is 126 Å². The molecule has 0 rings (SSSR count). The van der Waals surface area contributed by atoms with Crippen LogP contribution in [0.2, 0.25) is 19.6 Å². The van der Waals surface area contributed by atoms with Crippen molar-refractivity contribution in [3.63, 3.8) is 0 Å². The van der Waals surface area contributed by atoms with Gasteiger partial charge in [-0.1, -0.05) is 6.58 Å². The molecule has 0 aromatic heterocycles. The largest absolute Gasteiger partial charge is 0.460 e. The summed E-state index contributed by atoms with van der Waals surface area (Å²) in [6.45, 7) is 19.6. The number of rotatable bonds is 32. The van der Waals surface area contributed by atoms with Crippen LogP contribution in [0.1, 0.15) is 0 Å². The molecule has 13 heteroatoms. The average Bonchev–Trinajstić information content (AvgIpc) is 2.91. The first kappa shape index (κ1) is 38.0. The lowest BCUT2D eigenvalue weighted by molar-refractivity contribution is -0.139. The third-order valence-electron chi connectivity index (χ3n) is 4.38. The van der Waals surface area contributed by atoms with Gasteiger partial charge in [0.1, 0.15) is 6.61 Å². The normalized spacial score (nSPS) is 11.7. The van der Waals surface area contributed by atoms with Gasteiger partial charge in [-0.05, 0) is 19.6 Å². The van der Waals surface area contributed by atoms with Crippen molar-refractivity contribution in [1.29, 1.82) is 0 Å². The Kier molecular flexibility index (Phi) is 29.2. The zero-order valence-corrected chi connectivity index (χ0v) is 25.3. The van der Waals surface area contributed by atoms with Crippen LogP contribution < -0.4 is 0 Å². The van der Waals surface area contributed by atoms with E-state index in [1.165, 1.54) is 0 Å². The topological polar surface area (TPSA) is 119 Å². The second kappa shape index (κ2) is 30.0. The number of carbonyl (C=O) groups excluding carboxylic acids is 1. The van der Waals surface area contributed by atoms with Crippen molar-refractivity contribution < 1.29 is 56.6 Å². The van der Waals surface area contributed by atoms with Crippen LogP contribution in [0.4, 0.5) is 0 Å². The van der Waals surface area contributed by atoms with Crippen molar-refractivity contribution >= 4 is 14.3 Å². The second-order valence-electron chi connectivity index (χ2n) is 8.84. The molecule has 0 saturated heterocycles. The van der Waals surface area contributed by atoms with Crippen LogP contribution in [0, 0.1) is 0 Å².